The van der Waals surface area contributed by atoms with Crippen LogP contribution in [0.5, 0.6) is 0 Å². The van der Waals surface area contributed by atoms with Crippen LogP contribution < -0.4 is 5.73 Å². The van der Waals surface area contributed by atoms with E-state index in [-0.39, 0.29) is 0 Å². The summed E-state index contributed by atoms with van der Waals surface area (Å²) >= 11 is 3.07. The number of rotatable bonds is 2. The molecule has 2 N–H and O–H groups in total. The van der Waals surface area contributed by atoms with Crippen molar-refractivity contribution >= 4 is 21.8 Å². The van der Waals surface area contributed by atoms with Crippen molar-refractivity contribution in [1.82, 2.24) is 5.16 Å². The third-order valence-corrected chi connectivity index (χ3v) is 2.08. The number of carbonyl (C=O) groups excluding carboxylic acids is 1. The first kappa shape index (κ1) is 8.26. The van der Waals surface area contributed by atoms with Gasteiger partial charge in [-0.25, -0.2) is 0 Å². The molecule has 1 aromatic rings. The zero-order valence-electron chi connectivity index (χ0n) is 5.87. The molecule has 1 amide bonds. The quantitative estimate of drug-likeness (QED) is 0.751. The van der Waals surface area contributed by atoms with Gasteiger partial charge in [0, 0.05) is 6.07 Å². The summed E-state index contributed by atoms with van der Waals surface area (Å²) in [5.41, 5.74) is 5.52. The Bertz CT molecular complexity index is 271. The maximum Gasteiger partial charge on any atom is 0.237 e. The van der Waals surface area contributed by atoms with E-state index in [0.29, 0.717) is 11.5 Å². The Balaban J connectivity index is 2.84. The van der Waals surface area contributed by atoms with E-state index < -0.39 is 10.7 Å². The highest BCUT2D eigenvalue weighted by molar-refractivity contribution is 9.09. The molecule has 0 radical (unpaired) electrons. The van der Waals surface area contributed by atoms with Crippen LogP contribution in [0.25, 0.3) is 0 Å². The fourth-order valence-electron chi connectivity index (χ4n) is 0.651. The zero-order chi connectivity index (χ0) is 8.43. The molecule has 0 bridgehead atoms. The minimum Gasteiger partial charge on any atom is -0.368 e. The van der Waals surface area contributed by atoms with Gasteiger partial charge in [-0.2, -0.15) is 0 Å². The molecule has 0 spiro atoms. The van der Waals surface area contributed by atoms with Crippen molar-refractivity contribution in [3.05, 3.63) is 17.5 Å². The molecule has 1 heterocycles. The maximum atomic E-state index is 10.6. The van der Waals surface area contributed by atoms with Crippen LogP contribution in [-0.4, -0.2) is 11.1 Å². The number of carbonyl (C=O) groups is 1. The van der Waals surface area contributed by atoms with E-state index >= 15 is 0 Å². The van der Waals surface area contributed by atoms with E-state index in [9.17, 15) is 4.79 Å². The average molecular weight is 219 g/mol. The van der Waals surface area contributed by atoms with Gasteiger partial charge >= 0.3 is 0 Å². The highest BCUT2D eigenvalue weighted by atomic mass is 79.9. The third kappa shape index (κ3) is 1.80. The Morgan fingerprint density at radius 1 is 1.91 bits per heavy atom. The Labute approximate surface area is 71.9 Å². The SMILES string of the molecule is Cc1cc(C(Br)C(N)=O)no1. The standard InChI is InChI=1S/C6H7BrN2O2/c1-3-2-4(9-11-3)5(7)6(8)10/h2,5H,1H3,(H2,8,10). The Kier molecular flexibility index (Phi) is 2.28. The van der Waals surface area contributed by atoms with Crippen LogP contribution in [0.3, 0.4) is 0 Å². The number of halogens is 1. The first-order chi connectivity index (χ1) is 5.11. The molecule has 1 unspecified atom stereocenters. The highest BCUT2D eigenvalue weighted by Crippen LogP contribution is 2.20. The van der Waals surface area contributed by atoms with E-state index in [1.54, 1.807) is 13.0 Å². The first-order valence-electron chi connectivity index (χ1n) is 2.98. The van der Waals surface area contributed by atoms with Crippen molar-refractivity contribution in [1.29, 1.82) is 0 Å². The number of hydrogen-bond acceptors (Lipinski definition) is 3. The number of alkyl halides is 1. The molecule has 0 fully saturated rings. The Morgan fingerprint density at radius 3 is 2.91 bits per heavy atom. The lowest BCUT2D eigenvalue weighted by molar-refractivity contribution is -0.117. The molecule has 0 aliphatic carbocycles. The summed E-state index contributed by atoms with van der Waals surface area (Å²) in [5, 5.41) is 3.61. The van der Waals surface area contributed by atoms with Gasteiger partial charge in [-0.3, -0.25) is 4.79 Å². The molecule has 0 aromatic carbocycles. The molecular formula is C6H7BrN2O2. The van der Waals surface area contributed by atoms with Gasteiger partial charge in [0.15, 0.2) is 0 Å². The van der Waals surface area contributed by atoms with Gasteiger partial charge in [0.1, 0.15) is 16.3 Å². The van der Waals surface area contributed by atoms with Gasteiger partial charge in [-0.05, 0) is 6.92 Å². The largest absolute Gasteiger partial charge is 0.368 e. The fourth-order valence-corrected chi connectivity index (χ4v) is 0.867. The van der Waals surface area contributed by atoms with E-state index in [4.69, 9.17) is 10.3 Å². The lowest BCUT2D eigenvalue weighted by Gasteiger charge is -1.96. The van der Waals surface area contributed by atoms with Crippen LogP contribution in [0.15, 0.2) is 10.6 Å². The summed E-state index contributed by atoms with van der Waals surface area (Å²) in [5.74, 6) is 0.184. The zero-order valence-corrected chi connectivity index (χ0v) is 7.46. The van der Waals surface area contributed by atoms with Crippen LogP contribution in [0, 0.1) is 6.92 Å². The first-order valence-corrected chi connectivity index (χ1v) is 3.89. The molecule has 4 nitrogen and oxygen atoms in total. The van der Waals surface area contributed by atoms with Crippen LogP contribution in [0.2, 0.25) is 0 Å². The molecule has 1 rings (SSSR count). The molecule has 1 atom stereocenters. The summed E-state index contributed by atoms with van der Waals surface area (Å²) < 4.78 is 4.75. The molecular weight excluding hydrogens is 212 g/mol. The van der Waals surface area contributed by atoms with E-state index in [1.165, 1.54) is 0 Å². The molecule has 0 aliphatic rings. The predicted octanol–water partition coefficient (Wildman–Crippen LogP) is 0.904. The normalized spacial score (nSPS) is 12.9. The average Bonchev–Trinajstić information content (AvgIpc) is 2.34. The molecule has 5 heteroatoms. The highest BCUT2D eigenvalue weighted by Gasteiger charge is 2.17. The maximum absolute atomic E-state index is 10.6. The van der Waals surface area contributed by atoms with Crippen molar-refractivity contribution in [3.8, 4) is 0 Å². The van der Waals surface area contributed by atoms with Crippen molar-refractivity contribution in [2.24, 2.45) is 5.73 Å². The minimum atomic E-state index is -0.556. The summed E-state index contributed by atoms with van der Waals surface area (Å²) in [6.45, 7) is 1.75. The second kappa shape index (κ2) is 3.04. The summed E-state index contributed by atoms with van der Waals surface area (Å²) in [6, 6.07) is 1.66. The van der Waals surface area contributed by atoms with Crippen LogP contribution in [0.1, 0.15) is 16.3 Å². The van der Waals surface area contributed by atoms with Crippen molar-refractivity contribution in [3.63, 3.8) is 0 Å². The summed E-state index contributed by atoms with van der Waals surface area (Å²) in [7, 11) is 0. The van der Waals surface area contributed by atoms with Gasteiger partial charge in [0.25, 0.3) is 0 Å². The number of nitrogens with two attached hydrogens (primary N) is 1. The fraction of sp³-hybridized carbons (Fsp3) is 0.333. The predicted molar refractivity (Wildman–Crippen MR) is 42.1 cm³/mol. The van der Waals surface area contributed by atoms with Crippen molar-refractivity contribution in [2.75, 3.05) is 0 Å². The molecule has 0 saturated carbocycles. The number of nitrogens with zero attached hydrogens (tertiary/aromatic N) is 1. The van der Waals surface area contributed by atoms with Gasteiger partial charge in [-0.1, -0.05) is 21.1 Å². The number of hydrogen-bond donors (Lipinski definition) is 1. The lowest BCUT2D eigenvalue weighted by atomic mass is 10.3. The number of amides is 1. The van der Waals surface area contributed by atoms with Gasteiger partial charge in [-0.15, -0.1) is 0 Å². The van der Waals surface area contributed by atoms with Crippen LogP contribution in [-0.2, 0) is 4.79 Å². The van der Waals surface area contributed by atoms with E-state index in [2.05, 4.69) is 21.1 Å². The minimum absolute atomic E-state index is 0.474. The van der Waals surface area contributed by atoms with Gasteiger partial charge < -0.3 is 10.3 Å². The van der Waals surface area contributed by atoms with Crippen molar-refractivity contribution in [2.45, 2.75) is 11.8 Å². The second-order valence-corrected chi connectivity index (χ2v) is 3.04. The Hall–Kier alpha value is -0.840. The monoisotopic (exact) mass is 218 g/mol. The Morgan fingerprint density at radius 2 is 2.55 bits per heavy atom. The summed E-state index contributed by atoms with van der Waals surface area (Å²) in [4.78, 5) is 10.0. The molecule has 60 valence electrons. The third-order valence-electron chi connectivity index (χ3n) is 1.16. The van der Waals surface area contributed by atoms with E-state index in [1.807, 2.05) is 0 Å². The van der Waals surface area contributed by atoms with Gasteiger partial charge in [0.05, 0.1) is 0 Å². The molecule has 11 heavy (non-hydrogen) atoms. The molecule has 1 aromatic heterocycles. The number of primary amides is 1. The number of aromatic nitrogens is 1. The second-order valence-electron chi connectivity index (χ2n) is 2.13. The van der Waals surface area contributed by atoms with Gasteiger partial charge in [0.2, 0.25) is 5.91 Å². The topological polar surface area (TPSA) is 69.1 Å². The molecule has 0 aliphatic heterocycles. The summed E-state index contributed by atoms with van der Waals surface area (Å²) in [6.07, 6.45) is 0. The number of aryl methyl sites for hydroxylation is 1. The van der Waals surface area contributed by atoms with Crippen LogP contribution >= 0.6 is 15.9 Å². The van der Waals surface area contributed by atoms with E-state index in [0.717, 1.165) is 0 Å². The molecule has 0 saturated heterocycles. The lowest BCUT2D eigenvalue weighted by Crippen LogP contribution is -2.16. The van der Waals surface area contributed by atoms with Crippen LogP contribution in [0.4, 0.5) is 0 Å². The van der Waals surface area contributed by atoms with Crippen molar-refractivity contribution < 1.29 is 9.32 Å². The smallest absolute Gasteiger partial charge is 0.237 e.